The quantitative estimate of drug-likeness (QED) is 0.673. The van der Waals surface area contributed by atoms with Gasteiger partial charge in [0, 0.05) is 0 Å². The van der Waals surface area contributed by atoms with Gasteiger partial charge in [0.2, 0.25) is 0 Å². The van der Waals surface area contributed by atoms with Crippen LogP contribution in [0.25, 0.3) is 0 Å². The van der Waals surface area contributed by atoms with Crippen molar-refractivity contribution in [3.8, 4) is 0 Å². The van der Waals surface area contributed by atoms with Crippen LogP contribution in [0.1, 0.15) is 39.5 Å². The van der Waals surface area contributed by atoms with E-state index in [9.17, 15) is 9.90 Å². The maximum Gasteiger partial charge on any atom is 0.307 e. The Balaban J connectivity index is 2.32. The minimum Gasteiger partial charge on any atom is -0.481 e. The van der Waals surface area contributed by atoms with Gasteiger partial charge in [-0.25, -0.2) is 0 Å². The number of hydrogen-bond donors (Lipinski definition) is 2. The van der Waals surface area contributed by atoms with Gasteiger partial charge in [0.15, 0.2) is 0 Å². The van der Waals surface area contributed by atoms with Crippen molar-refractivity contribution in [1.29, 1.82) is 0 Å². The van der Waals surface area contributed by atoms with Crippen molar-refractivity contribution in [3.63, 3.8) is 0 Å². The first kappa shape index (κ1) is 9.97. The lowest BCUT2D eigenvalue weighted by Gasteiger charge is -2.39. The summed E-state index contributed by atoms with van der Waals surface area (Å²) in [5.41, 5.74) is -0.240. The van der Waals surface area contributed by atoms with E-state index in [1.807, 2.05) is 6.92 Å². The zero-order valence-electron chi connectivity index (χ0n) is 8.79. The lowest BCUT2D eigenvalue weighted by Crippen LogP contribution is -2.36. The predicted octanol–water partition coefficient (Wildman–Crippen LogP) is 1.65. The first-order valence-corrected chi connectivity index (χ1v) is 5.28. The Labute approximate surface area is 84.1 Å². The van der Waals surface area contributed by atoms with Crippen molar-refractivity contribution in [1.82, 2.24) is 0 Å². The highest BCUT2D eigenvalue weighted by atomic mass is 16.4. The molecule has 2 fully saturated rings. The number of carboxylic acid groups (broad SMARTS) is 1. The molecule has 2 aliphatic rings. The van der Waals surface area contributed by atoms with Crippen LogP contribution >= 0.6 is 0 Å². The molecule has 2 saturated carbocycles. The van der Waals surface area contributed by atoms with Crippen molar-refractivity contribution >= 4 is 5.97 Å². The van der Waals surface area contributed by atoms with Crippen LogP contribution in [0.15, 0.2) is 0 Å². The molecule has 0 amide bonds. The molecular weight excluding hydrogens is 180 g/mol. The second-order valence-electron chi connectivity index (χ2n) is 5.63. The fraction of sp³-hybridized carbons (Fsp3) is 0.909. The summed E-state index contributed by atoms with van der Waals surface area (Å²) in [5, 5.41) is 19.0. The Bertz CT molecular complexity index is 276. The molecule has 4 unspecified atom stereocenters. The summed E-state index contributed by atoms with van der Waals surface area (Å²) < 4.78 is 0. The molecule has 80 valence electrons. The summed E-state index contributed by atoms with van der Waals surface area (Å²) in [6, 6.07) is 0. The van der Waals surface area contributed by atoms with Gasteiger partial charge in [0.1, 0.15) is 0 Å². The van der Waals surface area contributed by atoms with Gasteiger partial charge in [0.25, 0.3) is 0 Å². The molecule has 0 aromatic carbocycles. The minimum absolute atomic E-state index is 0.0835. The van der Waals surface area contributed by atoms with E-state index in [2.05, 4.69) is 6.92 Å². The fourth-order valence-electron chi connectivity index (χ4n) is 3.55. The summed E-state index contributed by atoms with van der Waals surface area (Å²) in [4.78, 5) is 11.1. The van der Waals surface area contributed by atoms with Crippen molar-refractivity contribution in [2.24, 2.45) is 16.7 Å². The number of aliphatic hydroxyl groups excluding tert-OH is 1. The van der Waals surface area contributed by atoms with Gasteiger partial charge in [-0.05, 0) is 36.5 Å². The molecule has 0 heterocycles. The largest absolute Gasteiger partial charge is 0.481 e. The molecule has 3 heteroatoms. The third kappa shape index (κ3) is 1.18. The molecule has 0 aliphatic heterocycles. The third-order valence-electron chi connectivity index (χ3n) is 4.41. The normalized spacial score (nSPS) is 51.9. The Morgan fingerprint density at radius 3 is 2.50 bits per heavy atom. The van der Waals surface area contributed by atoms with Crippen molar-refractivity contribution in [3.05, 3.63) is 0 Å². The van der Waals surface area contributed by atoms with Gasteiger partial charge < -0.3 is 10.2 Å². The lowest BCUT2D eigenvalue weighted by molar-refractivity contribution is -0.145. The average Bonchev–Trinajstić information content (AvgIpc) is 2.31. The monoisotopic (exact) mass is 198 g/mol. The van der Waals surface area contributed by atoms with Crippen LogP contribution in [0.3, 0.4) is 0 Å². The van der Waals surface area contributed by atoms with E-state index in [1.165, 1.54) is 0 Å². The third-order valence-corrected chi connectivity index (χ3v) is 4.41. The molecule has 0 aromatic heterocycles. The minimum atomic E-state index is -0.690. The SMILES string of the molecule is CC12CC(C(=O)O)C(C)(CCC1O)C2. The number of rotatable bonds is 1. The van der Waals surface area contributed by atoms with Crippen LogP contribution < -0.4 is 0 Å². The van der Waals surface area contributed by atoms with E-state index in [0.29, 0.717) is 6.42 Å². The molecule has 2 rings (SSSR count). The van der Waals surface area contributed by atoms with Crippen LogP contribution in [0, 0.1) is 16.7 Å². The summed E-state index contributed by atoms with van der Waals surface area (Å²) in [6.07, 6.45) is 2.80. The Morgan fingerprint density at radius 1 is 1.36 bits per heavy atom. The lowest BCUT2D eigenvalue weighted by atomic mass is 9.68. The summed E-state index contributed by atoms with van der Waals surface area (Å²) >= 11 is 0. The number of hydrogen-bond acceptors (Lipinski definition) is 2. The van der Waals surface area contributed by atoms with Crippen LogP contribution in [0.5, 0.6) is 0 Å². The molecule has 2 aliphatic carbocycles. The number of carbonyl (C=O) groups is 1. The van der Waals surface area contributed by atoms with Crippen LogP contribution in [0.4, 0.5) is 0 Å². The fourth-order valence-corrected chi connectivity index (χ4v) is 3.55. The second kappa shape index (κ2) is 2.72. The van der Waals surface area contributed by atoms with E-state index < -0.39 is 5.97 Å². The van der Waals surface area contributed by atoms with Gasteiger partial charge in [-0.1, -0.05) is 13.8 Å². The molecule has 0 radical (unpaired) electrons. The van der Waals surface area contributed by atoms with Crippen molar-refractivity contribution in [2.75, 3.05) is 0 Å². The second-order valence-corrected chi connectivity index (χ2v) is 5.63. The van der Waals surface area contributed by atoms with E-state index >= 15 is 0 Å². The zero-order valence-corrected chi connectivity index (χ0v) is 8.79. The topological polar surface area (TPSA) is 57.5 Å². The van der Waals surface area contributed by atoms with Crippen molar-refractivity contribution in [2.45, 2.75) is 45.6 Å². The van der Waals surface area contributed by atoms with Gasteiger partial charge in [-0.2, -0.15) is 0 Å². The molecule has 0 aromatic rings. The molecule has 2 bridgehead atoms. The van der Waals surface area contributed by atoms with Gasteiger partial charge >= 0.3 is 5.97 Å². The molecule has 2 N–H and O–H groups in total. The number of aliphatic carboxylic acids is 1. The smallest absolute Gasteiger partial charge is 0.307 e. The molecule has 4 atom stereocenters. The molecular formula is C11H18O3. The molecule has 0 saturated heterocycles. The standard InChI is InChI=1S/C11H18O3/c1-10-4-3-8(12)11(2,6-10)5-7(10)9(13)14/h7-8,12H,3-6H2,1-2H3,(H,13,14). The highest BCUT2D eigenvalue weighted by molar-refractivity contribution is 5.72. The van der Waals surface area contributed by atoms with E-state index in [4.69, 9.17) is 5.11 Å². The van der Waals surface area contributed by atoms with Gasteiger partial charge in [-0.3, -0.25) is 4.79 Å². The number of carboxylic acids is 1. The maximum absolute atomic E-state index is 11.1. The highest BCUT2D eigenvalue weighted by Crippen LogP contribution is 2.61. The van der Waals surface area contributed by atoms with Crippen LogP contribution in [-0.4, -0.2) is 22.3 Å². The predicted molar refractivity (Wildman–Crippen MR) is 51.8 cm³/mol. The van der Waals surface area contributed by atoms with Gasteiger partial charge in [0.05, 0.1) is 12.0 Å². The van der Waals surface area contributed by atoms with Crippen molar-refractivity contribution < 1.29 is 15.0 Å². The number of fused-ring (bicyclic) bond motifs is 2. The first-order chi connectivity index (χ1) is 6.37. The molecule has 0 spiro atoms. The maximum atomic E-state index is 11.1. The Morgan fingerprint density at radius 2 is 2.00 bits per heavy atom. The summed E-state index contributed by atoms with van der Waals surface area (Å²) in [5.74, 6) is -0.949. The highest BCUT2D eigenvalue weighted by Gasteiger charge is 2.58. The molecule has 14 heavy (non-hydrogen) atoms. The Kier molecular flexibility index (Phi) is 1.94. The van der Waals surface area contributed by atoms with Crippen LogP contribution in [-0.2, 0) is 4.79 Å². The van der Waals surface area contributed by atoms with Crippen LogP contribution in [0.2, 0.25) is 0 Å². The zero-order chi connectivity index (χ0) is 10.6. The van der Waals surface area contributed by atoms with E-state index in [0.717, 1.165) is 19.3 Å². The summed E-state index contributed by atoms with van der Waals surface area (Å²) in [6.45, 7) is 4.08. The Hall–Kier alpha value is -0.570. The molecule has 3 nitrogen and oxygen atoms in total. The average molecular weight is 198 g/mol. The first-order valence-electron chi connectivity index (χ1n) is 5.28. The summed E-state index contributed by atoms with van der Waals surface area (Å²) in [7, 11) is 0. The van der Waals surface area contributed by atoms with E-state index in [1.54, 1.807) is 0 Å². The van der Waals surface area contributed by atoms with E-state index in [-0.39, 0.29) is 22.9 Å². The number of aliphatic hydroxyl groups is 1. The van der Waals surface area contributed by atoms with Gasteiger partial charge in [-0.15, -0.1) is 0 Å².